The number of hydrogen-bond acceptors (Lipinski definition) is 4. The zero-order chi connectivity index (χ0) is 18.0. The van der Waals surface area contributed by atoms with E-state index in [0.29, 0.717) is 28.8 Å². The molecule has 25 heavy (non-hydrogen) atoms. The first-order valence-electron chi connectivity index (χ1n) is 7.73. The number of nitrogens with zero attached hydrogens (tertiary/aromatic N) is 1. The molecule has 128 valence electrons. The summed E-state index contributed by atoms with van der Waals surface area (Å²) < 4.78 is 7.52. The highest BCUT2D eigenvalue weighted by molar-refractivity contribution is 14.1. The molecule has 3 aromatic rings. The Morgan fingerprint density at radius 3 is 2.84 bits per heavy atom. The summed E-state index contributed by atoms with van der Waals surface area (Å²) in [7, 11) is 0. The lowest BCUT2D eigenvalue weighted by molar-refractivity contribution is 0.0953. The van der Waals surface area contributed by atoms with Gasteiger partial charge in [-0.05, 0) is 77.6 Å². The molecule has 1 aromatic heterocycles. The van der Waals surface area contributed by atoms with Crippen LogP contribution in [0.25, 0.3) is 10.9 Å². The summed E-state index contributed by atoms with van der Waals surface area (Å²) in [4.78, 5) is 28.6. The maximum absolute atomic E-state index is 12.9. The van der Waals surface area contributed by atoms with Gasteiger partial charge in [0, 0.05) is 9.13 Å². The van der Waals surface area contributed by atoms with Crippen LogP contribution < -0.4 is 10.3 Å². The number of halogens is 1. The van der Waals surface area contributed by atoms with Crippen molar-refractivity contribution in [2.45, 2.75) is 13.3 Å². The smallest absolute Gasteiger partial charge is 0.269 e. The number of carbonyl (C=O) groups is 1. The molecule has 0 saturated heterocycles. The van der Waals surface area contributed by atoms with Gasteiger partial charge in [-0.25, -0.2) is 4.57 Å². The molecule has 0 amide bonds. The molecule has 0 aliphatic heterocycles. The van der Waals surface area contributed by atoms with Crippen molar-refractivity contribution in [2.24, 2.45) is 0 Å². The number of H-pyrrole nitrogens is 1. The molecule has 0 fully saturated rings. The summed E-state index contributed by atoms with van der Waals surface area (Å²) in [6.07, 6.45) is 0.867. The van der Waals surface area contributed by atoms with Crippen LogP contribution in [-0.2, 0) is 0 Å². The van der Waals surface area contributed by atoms with Gasteiger partial charge in [-0.2, -0.15) is 0 Å². The third-order valence-corrected chi connectivity index (χ3v) is 4.57. The SMILES string of the molecule is CCCOc1cccc(C(=O)n2c(=S)[nH]c3ccc(I)cc3c2=O)c1. The Morgan fingerprint density at radius 2 is 2.08 bits per heavy atom. The normalized spacial score (nSPS) is 10.8. The Bertz CT molecular complexity index is 1070. The predicted octanol–water partition coefficient (Wildman–Crippen LogP) is 4.14. The number of aromatic nitrogens is 2. The lowest BCUT2D eigenvalue weighted by Gasteiger charge is -2.09. The molecule has 1 heterocycles. The number of rotatable bonds is 4. The molecule has 0 aliphatic rings. The van der Waals surface area contributed by atoms with Crippen molar-refractivity contribution in [3.63, 3.8) is 0 Å². The van der Waals surface area contributed by atoms with Crippen LogP contribution >= 0.6 is 34.8 Å². The number of carbonyl (C=O) groups excluding carboxylic acids is 1. The van der Waals surface area contributed by atoms with Crippen molar-refractivity contribution >= 4 is 51.6 Å². The monoisotopic (exact) mass is 466 g/mol. The molecule has 3 rings (SSSR count). The van der Waals surface area contributed by atoms with Gasteiger partial charge in [0.25, 0.3) is 11.5 Å². The van der Waals surface area contributed by atoms with E-state index in [4.69, 9.17) is 17.0 Å². The van der Waals surface area contributed by atoms with Crippen LogP contribution in [0.15, 0.2) is 47.3 Å². The van der Waals surface area contributed by atoms with Gasteiger partial charge in [0.2, 0.25) is 0 Å². The molecule has 5 nitrogen and oxygen atoms in total. The third kappa shape index (κ3) is 3.67. The van der Waals surface area contributed by atoms with Crippen LogP contribution in [0.1, 0.15) is 23.7 Å². The van der Waals surface area contributed by atoms with Gasteiger partial charge in [0.15, 0.2) is 4.77 Å². The van der Waals surface area contributed by atoms with E-state index < -0.39 is 11.5 Å². The second kappa shape index (κ2) is 7.49. The highest BCUT2D eigenvalue weighted by Gasteiger charge is 2.15. The van der Waals surface area contributed by atoms with Crippen molar-refractivity contribution < 1.29 is 9.53 Å². The van der Waals surface area contributed by atoms with Gasteiger partial charge >= 0.3 is 0 Å². The van der Waals surface area contributed by atoms with Crippen LogP contribution in [0.4, 0.5) is 0 Å². The number of benzene rings is 2. The lowest BCUT2D eigenvalue weighted by Crippen LogP contribution is -2.29. The van der Waals surface area contributed by atoms with E-state index in [1.807, 2.05) is 13.0 Å². The summed E-state index contributed by atoms with van der Waals surface area (Å²) in [5.74, 6) is 0.111. The van der Waals surface area contributed by atoms with Gasteiger partial charge in [0.05, 0.1) is 17.5 Å². The van der Waals surface area contributed by atoms with E-state index in [1.165, 1.54) is 0 Å². The van der Waals surface area contributed by atoms with Crippen LogP contribution in [0.5, 0.6) is 5.75 Å². The molecule has 7 heteroatoms. The first kappa shape index (κ1) is 17.8. The molecular formula is C18H15IN2O3S. The van der Waals surface area contributed by atoms with Crippen molar-refractivity contribution in [1.82, 2.24) is 9.55 Å². The molecule has 0 saturated carbocycles. The number of fused-ring (bicyclic) bond motifs is 1. The summed E-state index contributed by atoms with van der Waals surface area (Å²) >= 11 is 7.35. The van der Waals surface area contributed by atoms with Crippen molar-refractivity contribution in [1.29, 1.82) is 0 Å². The van der Waals surface area contributed by atoms with Crippen molar-refractivity contribution in [2.75, 3.05) is 6.61 Å². The zero-order valence-corrected chi connectivity index (χ0v) is 16.4. The fourth-order valence-electron chi connectivity index (χ4n) is 2.44. The summed E-state index contributed by atoms with van der Waals surface area (Å²) in [5, 5.41) is 0.423. The molecule has 1 N–H and O–H groups in total. The maximum Gasteiger partial charge on any atom is 0.269 e. The van der Waals surface area contributed by atoms with Gasteiger partial charge in [-0.1, -0.05) is 13.0 Å². The number of ether oxygens (including phenoxy) is 1. The van der Waals surface area contributed by atoms with E-state index >= 15 is 0 Å². The summed E-state index contributed by atoms with van der Waals surface area (Å²) in [6.45, 7) is 2.57. The number of nitrogens with one attached hydrogen (secondary N) is 1. The average molecular weight is 466 g/mol. The molecule has 0 atom stereocenters. The first-order valence-corrected chi connectivity index (χ1v) is 9.22. The number of hydrogen-bond donors (Lipinski definition) is 1. The minimum Gasteiger partial charge on any atom is -0.494 e. The van der Waals surface area contributed by atoms with Gasteiger partial charge in [-0.3, -0.25) is 9.59 Å². The Labute approximate surface area is 162 Å². The Hall–Kier alpha value is -2.00. The zero-order valence-electron chi connectivity index (χ0n) is 13.4. The molecular weight excluding hydrogens is 451 g/mol. The van der Waals surface area contributed by atoms with Crippen LogP contribution in [0, 0.1) is 8.34 Å². The molecule has 0 spiro atoms. The van der Waals surface area contributed by atoms with Gasteiger partial charge in [-0.15, -0.1) is 0 Å². The fraction of sp³-hybridized carbons (Fsp3) is 0.167. The Morgan fingerprint density at radius 1 is 1.28 bits per heavy atom. The summed E-state index contributed by atoms with van der Waals surface area (Å²) in [5.41, 5.74) is 0.529. The van der Waals surface area contributed by atoms with Crippen LogP contribution in [0.3, 0.4) is 0 Å². The van der Waals surface area contributed by atoms with Crippen LogP contribution in [0.2, 0.25) is 0 Å². The standard InChI is InChI=1S/C18H15IN2O3S/c1-2-8-24-13-5-3-4-11(9-13)16(22)21-17(23)14-10-12(19)6-7-15(14)20-18(21)25/h3-7,9-10H,2,8H2,1H3,(H,20,25). The second-order valence-corrected chi connectivity index (χ2v) is 7.07. The number of aromatic amines is 1. The minimum atomic E-state index is -0.478. The van der Waals surface area contributed by atoms with Crippen molar-refractivity contribution in [3.8, 4) is 5.75 Å². The quantitative estimate of drug-likeness (QED) is 0.464. The largest absolute Gasteiger partial charge is 0.494 e. The first-order chi connectivity index (χ1) is 12.0. The highest BCUT2D eigenvalue weighted by Crippen LogP contribution is 2.16. The second-order valence-electron chi connectivity index (χ2n) is 5.44. The van der Waals surface area contributed by atoms with Crippen LogP contribution in [-0.4, -0.2) is 22.1 Å². The molecule has 0 unspecified atom stereocenters. The van der Waals surface area contributed by atoms with E-state index in [1.54, 1.807) is 36.4 Å². The van der Waals surface area contributed by atoms with Gasteiger partial charge in [0.1, 0.15) is 5.75 Å². The predicted molar refractivity (Wildman–Crippen MR) is 108 cm³/mol. The third-order valence-electron chi connectivity index (χ3n) is 3.62. The van der Waals surface area contributed by atoms with Gasteiger partial charge < -0.3 is 9.72 Å². The van der Waals surface area contributed by atoms with E-state index in [-0.39, 0.29) is 4.77 Å². The molecule has 0 radical (unpaired) electrons. The summed E-state index contributed by atoms with van der Waals surface area (Å²) in [6, 6.07) is 12.1. The molecule has 0 aliphatic carbocycles. The van der Waals surface area contributed by atoms with E-state index in [2.05, 4.69) is 27.6 Å². The maximum atomic E-state index is 12.9. The molecule has 2 aromatic carbocycles. The van der Waals surface area contributed by atoms with E-state index in [9.17, 15) is 9.59 Å². The highest BCUT2D eigenvalue weighted by atomic mass is 127. The lowest BCUT2D eigenvalue weighted by atomic mass is 10.2. The minimum absolute atomic E-state index is 0.0728. The molecule has 0 bridgehead atoms. The average Bonchev–Trinajstić information content (AvgIpc) is 2.61. The Kier molecular flexibility index (Phi) is 5.33. The fourth-order valence-corrected chi connectivity index (χ4v) is 3.21. The Balaban J connectivity index is 2.11. The topological polar surface area (TPSA) is 64.1 Å². The van der Waals surface area contributed by atoms with Crippen molar-refractivity contribution in [3.05, 3.63) is 66.7 Å². The van der Waals surface area contributed by atoms with E-state index in [0.717, 1.165) is 14.6 Å².